The molecule has 0 bridgehead atoms. The molecule has 2 rings (SSSR count). The van der Waals surface area contributed by atoms with Gasteiger partial charge in [-0.1, -0.05) is 0 Å². The van der Waals surface area contributed by atoms with E-state index < -0.39 is 5.91 Å². The van der Waals surface area contributed by atoms with Crippen molar-refractivity contribution in [1.82, 2.24) is 15.1 Å². The number of carbonyl (C=O) groups excluding carboxylic acids is 2. The lowest BCUT2D eigenvalue weighted by atomic mass is 10.2. The molecule has 2 aromatic rings. The van der Waals surface area contributed by atoms with Crippen LogP contribution in [0.4, 0.5) is 5.69 Å². The molecule has 23 heavy (non-hydrogen) atoms. The molecule has 8 heteroatoms. The minimum Gasteiger partial charge on any atom is -0.497 e. The summed E-state index contributed by atoms with van der Waals surface area (Å²) >= 11 is 0. The highest BCUT2D eigenvalue weighted by Gasteiger charge is 2.18. The first kappa shape index (κ1) is 16.3. The molecular formula is C15H18N4O4. The van der Waals surface area contributed by atoms with Crippen LogP contribution in [0.5, 0.6) is 11.5 Å². The average Bonchev–Trinajstić information content (AvgIpc) is 2.93. The first-order valence-corrected chi connectivity index (χ1v) is 6.78. The maximum Gasteiger partial charge on any atom is 0.273 e. The van der Waals surface area contributed by atoms with Crippen molar-refractivity contribution < 1.29 is 19.1 Å². The number of hydrogen-bond donors (Lipinski definition) is 2. The van der Waals surface area contributed by atoms with Crippen LogP contribution in [0.2, 0.25) is 0 Å². The van der Waals surface area contributed by atoms with Gasteiger partial charge in [0.25, 0.3) is 11.8 Å². The van der Waals surface area contributed by atoms with E-state index in [2.05, 4.69) is 15.7 Å². The molecule has 0 saturated carbocycles. The maximum atomic E-state index is 12.4. The smallest absolute Gasteiger partial charge is 0.273 e. The first-order chi connectivity index (χ1) is 11.0. The molecule has 0 atom stereocenters. The van der Waals surface area contributed by atoms with Gasteiger partial charge < -0.3 is 20.1 Å². The van der Waals surface area contributed by atoms with Crippen LogP contribution in [-0.2, 0) is 7.05 Å². The monoisotopic (exact) mass is 318 g/mol. The number of benzene rings is 1. The molecule has 2 amide bonds. The minimum atomic E-state index is -0.402. The Morgan fingerprint density at radius 3 is 2.22 bits per heavy atom. The molecule has 0 unspecified atom stereocenters. The number of ether oxygens (including phenoxy) is 2. The number of nitrogens with zero attached hydrogens (tertiary/aromatic N) is 2. The van der Waals surface area contributed by atoms with Gasteiger partial charge in [-0.2, -0.15) is 5.10 Å². The van der Waals surface area contributed by atoms with E-state index in [1.807, 2.05) is 0 Å². The zero-order valence-electron chi connectivity index (χ0n) is 13.3. The summed E-state index contributed by atoms with van der Waals surface area (Å²) in [6.45, 7) is 0. The summed E-state index contributed by atoms with van der Waals surface area (Å²) in [6, 6.07) is 4.82. The number of amides is 2. The predicted octanol–water partition coefficient (Wildman–Crippen LogP) is 1.05. The summed E-state index contributed by atoms with van der Waals surface area (Å²) in [5, 5.41) is 9.19. The van der Waals surface area contributed by atoms with Gasteiger partial charge in [-0.15, -0.1) is 0 Å². The third-order valence-electron chi connectivity index (χ3n) is 3.13. The fraction of sp³-hybridized carbons (Fsp3) is 0.267. The zero-order valence-corrected chi connectivity index (χ0v) is 13.3. The zero-order chi connectivity index (χ0) is 17.0. The van der Waals surface area contributed by atoms with E-state index in [9.17, 15) is 9.59 Å². The van der Waals surface area contributed by atoms with Crippen LogP contribution in [0.15, 0.2) is 24.4 Å². The summed E-state index contributed by atoms with van der Waals surface area (Å²) in [7, 11) is 6.16. The highest BCUT2D eigenvalue weighted by molar-refractivity contribution is 6.08. The van der Waals surface area contributed by atoms with E-state index in [-0.39, 0.29) is 11.6 Å². The van der Waals surface area contributed by atoms with Crippen LogP contribution in [0.25, 0.3) is 0 Å². The highest BCUT2D eigenvalue weighted by atomic mass is 16.5. The number of aryl methyl sites for hydroxylation is 1. The van der Waals surface area contributed by atoms with Gasteiger partial charge in [-0.3, -0.25) is 14.3 Å². The predicted molar refractivity (Wildman–Crippen MR) is 84.1 cm³/mol. The van der Waals surface area contributed by atoms with E-state index in [0.29, 0.717) is 22.7 Å². The summed E-state index contributed by atoms with van der Waals surface area (Å²) in [6.07, 6.45) is 1.56. The van der Waals surface area contributed by atoms with Crippen molar-refractivity contribution in [2.24, 2.45) is 7.05 Å². The quantitative estimate of drug-likeness (QED) is 0.859. The maximum absolute atomic E-state index is 12.4. The van der Waals surface area contributed by atoms with Gasteiger partial charge in [-0.05, 0) is 12.1 Å². The number of rotatable bonds is 5. The lowest BCUT2D eigenvalue weighted by Crippen LogP contribution is -2.21. The molecule has 0 spiro atoms. The largest absolute Gasteiger partial charge is 0.497 e. The van der Waals surface area contributed by atoms with Crippen LogP contribution >= 0.6 is 0 Å². The molecule has 0 radical (unpaired) electrons. The Morgan fingerprint density at radius 1 is 1.09 bits per heavy atom. The van der Waals surface area contributed by atoms with Gasteiger partial charge in [0.1, 0.15) is 11.5 Å². The van der Waals surface area contributed by atoms with Gasteiger partial charge in [0, 0.05) is 31.9 Å². The highest BCUT2D eigenvalue weighted by Crippen LogP contribution is 2.23. The molecule has 8 nitrogen and oxygen atoms in total. The van der Waals surface area contributed by atoms with Crippen molar-refractivity contribution in [3.05, 3.63) is 35.7 Å². The molecule has 1 heterocycles. The van der Waals surface area contributed by atoms with Crippen molar-refractivity contribution >= 4 is 17.5 Å². The van der Waals surface area contributed by atoms with Crippen molar-refractivity contribution in [1.29, 1.82) is 0 Å². The third-order valence-corrected chi connectivity index (χ3v) is 3.13. The Morgan fingerprint density at radius 2 is 1.70 bits per heavy atom. The summed E-state index contributed by atoms with van der Waals surface area (Å²) in [5.41, 5.74) is 0.796. The molecule has 122 valence electrons. The standard InChI is InChI=1S/C15H18N4O4/c1-16-15(21)13-12(8-19(2)18-13)17-14(20)9-5-10(22-3)7-11(6-9)23-4/h5-8H,1-4H3,(H,16,21)(H,17,20). The summed E-state index contributed by atoms with van der Waals surface area (Å²) < 4.78 is 11.7. The molecule has 1 aromatic carbocycles. The van der Waals surface area contributed by atoms with E-state index in [4.69, 9.17) is 9.47 Å². The molecule has 0 fully saturated rings. The van der Waals surface area contributed by atoms with Crippen LogP contribution in [0.3, 0.4) is 0 Å². The molecule has 0 aliphatic rings. The number of hydrogen-bond acceptors (Lipinski definition) is 5. The number of methoxy groups -OCH3 is 2. The Labute approximate surface area is 133 Å². The SMILES string of the molecule is CNC(=O)c1nn(C)cc1NC(=O)c1cc(OC)cc(OC)c1. The van der Waals surface area contributed by atoms with Crippen molar-refractivity contribution in [2.45, 2.75) is 0 Å². The fourth-order valence-corrected chi connectivity index (χ4v) is 2.00. The summed E-state index contributed by atoms with van der Waals surface area (Å²) in [4.78, 5) is 24.2. The Balaban J connectivity index is 2.31. The van der Waals surface area contributed by atoms with E-state index in [1.165, 1.54) is 25.9 Å². The number of carbonyl (C=O) groups is 2. The molecule has 0 saturated heterocycles. The van der Waals surface area contributed by atoms with Crippen molar-refractivity contribution in [2.75, 3.05) is 26.6 Å². The number of aromatic nitrogens is 2. The molecule has 1 aromatic heterocycles. The normalized spacial score (nSPS) is 10.1. The van der Waals surface area contributed by atoms with E-state index >= 15 is 0 Å². The number of nitrogens with one attached hydrogen (secondary N) is 2. The van der Waals surface area contributed by atoms with E-state index in [0.717, 1.165) is 0 Å². The lowest BCUT2D eigenvalue weighted by molar-refractivity contribution is 0.0958. The molecule has 0 aliphatic carbocycles. The summed E-state index contributed by atoms with van der Waals surface area (Å²) in [5.74, 6) is 0.198. The topological polar surface area (TPSA) is 94.5 Å². The number of anilines is 1. The molecule has 0 aliphatic heterocycles. The van der Waals surface area contributed by atoms with Gasteiger partial charge in [0.2, 0.25) is 0 Å². The van der Waals surface area contributed by atoms with Crippen LogP contribution in [0.1, 0.15) is 20.8 Å². The fourth-order valence-electron chi connectivity index (χ4n) is 2.00. The van der Waals surface area contributed by atoms with Gasteiger partial charge in [0.15, 0.2) is 5.69 Å². The average molecular weight is 318 g/mol. The Hall–Kier alpha value is -3.03. The molecule has 2 N–H and O–H groups in total. The second kappa shape index (κ2) is 6.82. The van der Waals surface area contributed by atoms with E-state index in [1.54, 1.807) is 31.4 Å². The second-order valence-electron chi connectivity index (χ2n) is 4.70. The Bertz CT molecular complexity index is 717. The van der Waals surface area contributed by atoms with Crippen molar-refractivity contribution in [3.8, 4) is 11.5 Å². The van der Waals surface area contributed by atoms with Crippen LogP contribution < -0.4 is 20.1 Å². The molecular weight excluding hydrogens is 300 g/mol. The minimum absolute atomic E-state index is 0.137. The van der Waals surface area contributed by atoms with Crippen LogP contribution in [-0.4, -0.2) is 42.9 Å². The van der Waals surface area contributed by atoms with Crippen LogP contribution in [0, 0.1) is 0 Å². The van der Waals surface area contributed by atoms with Gasteiger partial charge >= 0.3 is 0 Å². The third kappa shape index (κ3) is 3.60. The first-order valence-electron chi connectivity index (χ1n) is 6.78. The van der Waals surface area contributed by atoms with Crippen molar-refractivity contribution in [3.63, 3.8) is 0 Å². The van der Waals surface area contributed by atoms with Gasteiger partial charge in [-0.25, -0.2) is 0 Å². The lowest BCUT2D eigenvalue weighted by Gasteiger charge is -2.09. The second-order valence-corrected chi connectivity index (χ2v) is 4.70. The van der Waals surface area contributed by atoms with Gasteiger partial charge in [0.05, 0.1) is 19.9 Å². The Kier molecular flexibility index (Phi) is 4.85.